The SMILES string of the molecule is CC(CCl)Sc1ccc(C(F)(F)F)cc1. The summed E-state index contributed by atoms with van der Waals surface area (Å²) >= 11 is 7.07. The van der Waals surface area contributed by atoms with E-state index in [0.717, 1.165) is 17.0 Å². The quantitative estimate of drug-likeness (QED) is 0.568. The monoisotopic (exact) mass is 254 g/mol. The molecule has 0 heterocycles. The van der Waals surface area contributed by atoms with Crippen molar-refractivity contribution < 1.29 is 13.2 Å². The van der Waals surface area contributed by atoms with Gasteiger partial charge in [-0.15, -0.1) is 23.4 Å². The molecule has 0 N–H and O–H groups in total. The Labute approximate surface area is 95.8 Å². The predicted molar refractivity (Wildman–Crippen MR) is 57.5 cm³/mol. The molecule has 0 aliphatic heterocycles. The van der Waals surface area contributed by atoms with Crippen LogP contribution in [0.2, 0.25) is 0 Å². The van der Waals surface area contributed by atoms with Crippen molar-refractivity contribution in [3.05, 3.63) is 29.8 Å². The normalized spacial score (nSPS) is 13.9. The molecule has 1 aromatic carbocycles. The lowest BCUT2D eigenvalue weighted by Gasteiger charge is -2.09. The Balaban J connectivity index is 2.73. The predicted octanol–water partition coefficient (Wildman–Crippen LogP) is 4.42. The molecule has 84 valence electrons. The van der Waals surface area contributed by atoms with E-state index in [2.05, 4.69) is 0 Å². The summed E-state index contributed by atoms with van der Waals surface area (Å²) in [6, 6.07) is 5.11. The molecule has 0 nitrogen and oxygen atoms in total. The summed E-state index contributed by atoms with van der Waals surface area (Å²) in [5, 5.41) is 0.198. The molecule has 15 heavy (non-hydrogen) atoms. The van der Waals surface area contributed by atoms with Gasteiger partial charge in [0.05, 0.1) is 5.56 Å². The lowest BCUT2D eigenvalue weighted by Crippen LogP contribution is -2.04. The van der Waals surface area contributed by atoms with Crippen molar-refractivity contribution in [3.63, 3.8) is 0 Å². The first-order valence-corrected chi connectivity index (χ1v) is 5.75. The standard InChI is InChI=1S/C10H10ClF3S/c1-7(6-11)15-9-4-2-8(3-5-9)10(12,13)14/h2-5,7H,6H2,1H3. The molecule has 0 saturated heterocycles. The average Bonchev–Trinajstić information content (AvgIpc) is 2.17. The summed E-state index contributed by atoms with van der Waals surface area (Å²) in [6.45, 7) is 1.93. The van der Waals surface area contributed by atoms with Gasteiger partial charge in [-0.1, -0.05) is 6.92 Å². The molecular weight excluding hydrogens is 245 g/mol. The van der Waals surface area contributed by atoms with E-state index in [1.807, 2.05) is 6.92 Å². The number of halogens is 4. The molecule has 1 rings (SSSR count). The third-order valence-electron chi connectivity index (χ3n) is 1.74. The van der Waals surface area contributed by atoms with Crippen molar-refractivity contribution in [1.29, 1.82) is 0 Å². The second kappa shape index (κ2) is 5.12. The Kier molecular flexibility index (Phi) is 4.34. The molecule has 1 unspecified atom stereocenters. The third-order valence-corrected chi connectivity index (χ3v) is 3.50. The van der Waals surface area contributed by atoms with Gasteiger partial charge >= 0.3 is 6.18 Å². The van der Waals surface area contributed by atoms with Gasteiger partial charge in [-0.3, -0.25) is 0 Å². The topological polar surface area (TPSA) is 0 Å². The van der Waals surface area contributed by atoms with Crippen LogP contribution in [0.1, 0.15) is 12.5 Å². The number of hydrogen-bond donors (Lipinski definition) is 0. The van der Waals surface area contributed by atoms with Crippen LogP contribution in [-0.2, 0) is 6.18 Å². The Morgan fingerprint density at radius 1 is 1.27 bits per heavy atom. The molecule has 1 aromatic rings. The van der Waals surface area contributed by atoms with Crippen LogP contribution < -0.4 is 0 Å². The van der Waals surface area contributed by atoms with Crippen LogP contribution >= 0.6 is 23.4 Å². The highest BCUT2D eigenvalue weighted by Gasteiger charge is 2.29. The van der Waals surface area contributed by atoms with Crippen LogP contribution in [0, 0.1) is 0 Å². The molecule has 0 spiro atoms. The third kappa shape index (κ3) is 3.95. The molecule has 0 aromatic heterocycles. The highest BCUT2D eigenvalue weighted by atomic mass is 35.5. The summed E-state index contributed by atoms with van der Waals surface area (Å²) in [5.41, 5.74) is -0.620. The summed E-state index contributed by atoms with van der Waals surface area (Å²) in [6.07, 6.45) is -4.26. The lowest BCUT2D eigenvalue weighted by molar-refractivity contribution is -0.137. The van der Waals surface area contributed by atoms with E-state index in [1.165, 1.54) is 23.9 Å². The Morgan fingerprint density at radius 2 is 1.80 bits per heavy atom. The first-order valence-electron chi connectivity index (χ1n) is 4.33. The van der Waals surface area contributed by atoms with Crippen molar-refractivity contribution in [2.24, 2.45) is 0 Å². The molecule has 0 saturated carbocycles. The van der Waals surface area contributed by atoms with Crippen LogP contribution in [0.3, 0.4) is 0 Å². The summed E-state index contributed by atoms with van der Waals surface area (Å²) in [4.78, 5) is 0.802. The van der Waals surface area contributed by atoms with E-state index in [0.29, 0.717) is 5.88 Å². The van der Waals surface area contributed by atoms with E-state index in [4.69, 9.17) is 11.6 Å². The van der Waals surface area contributed by atoms with Gasteiger partial charge in [0.15, 0.2) is 0 Å². The molecule has 0 aliphatic carbocycles. The van der Waals surface area contributed by atoms with Gasteiger partial charge in [-0.05, 0) is 24.3 Å². The summed E-state index contributed by atoms with van der Waals surface area (Å²) in [5.74, 6) is 0.478. The molecule has 5 heteroatoms. The van der Waals surface area contributed by atoms with Gasteiger partial charge < -0.3 is 0 Å². The van der Waals surface area contributed by atoms with Crippen molar-refractivity contribution in [3.8, 4) is 0 Å². The number of hydrogen-bond acceptors (Lipinski definition) is 1. The van der Waals surface area contributed by atoms with Crippen molar-refractivity contribution in [1.82, 2.24) is 0 Å². The number of rotatable bonds is 3. The minimum atomic E-state index is -4.26. The molecule has 0 radical (unpaired) electrons. The van der Waals surface area contributed by atoms with Crippen LogP contribution in [0.15, 0.2) is 29.2 Å². The van der Waals surface area contributed by atoms with Gasteiger partial charge in [-0.2, -0.15) is 13.2 Å². The lowest BCUT2D eigenvalue weighted by atomic mass is 10.2. The second-order valence-corrected chi connectivity index (χ2v) is 4.93. The molecule has 0 bridgehead atoms. The highest BCUT2D eigenvalue weighted by molar-refractivity contribution is 8.00. The van der Waals surface area contributed by atoms with Crippen molar-refractivity contribution in [2.75, 3.05) is 5.88 Å². The minimum absolute atomic E-state index is 0.198. The van der Waals surface area contributed by atoms with Crippen LogP contribution in [0.4, 0.5) is 13.2 Å². The molecule has 1 atom stereocenters. The molecule has 0 fully saturated rings. The van der Waals surface area contributed by atoms with Gasteiger partial charge in [0.25, 0.3) is 0 Å². The fourth-order valence-corrected chi connectivity index (χ4v) is 2.00. The highest BCUT2D eigenvalue weighted by Crippen LogP contribution is 2.31. The van der Waals surface area contributed by atoms with Crippen molar-refractivity contribution >= 4 is 23.4 Å². The van der Waals surface area contributed by atoms with E-state index in [1.54, 1.807) is 0 Å². The Morgan fingerprint density at radius 3 is 2.20 bits per heavy atom. The molecule has 0 amide bonds. The fourth-order valence-electron chi connectivity index (χ4n) is 0.986. The zero-order chi connectivity index (χ0) is 11.5. The van der Waals surface area contributed by atoms with Crippen LogP contribution in [0.25, 0.3) is 0 Å². The maximum atomic E-state index is 12.2. The number of alkyl halides is 4. The van der Waals surface area contributed by atoms with Crippen LogP contribution in [0.5, 0.6) is 0 Å². The summed E-state index contributed by atoms with van der Waals surface area (Å²) < 4.78 is 36.7. The van der Waals surface area contributed by atoms with E-state index in [9.17, 15) is 13.2 Å². The first-order chi connectivity index (χ1) is 6.93. The van der Waals surface area contributed by atoms with Gasteiger partial charge in [0, 0.05) is 16.0 Å². The van der Waals surface area contributed by atoms with Gasteiger partial charge in [-0.25, -0.2) is 0 Å². The smallest absolute Gasteiger partial charge is 0.166 e. The van der Waals surface area contributed by atoms with E-state index in [-0.39, 0.29) is 5.25 Å². The summed E-state index contributed by atoms with van der Waals surface area (Å²) in [7, 11) is 0. The molecular formula is C10H10ClF3S. The van der Waals surface area contributed by atoms with Crippen LogP contribution in [-0.4, -0.2) is 11.1 Å². The Hall–Kier alpha value is -0.350. The Bertz CT molecular complexity index is 307. The van der Waals surface area contributed by atoms with Crippen molar-refractivity contribution in [2.45, 2.75) is 23.2 Å². The van der Waals surface area contributed by atoms with E-state index < -0.39 is 11.7 Å². The maximum absolute atomic E-state index is 12.2. The zero-order valence-corrected chi connectivity index (χ0v) is 9.59. The second-order valence-electron chi connectivity index (χ2n) is 3.10. The zero-order valence-electron chi connectivity index (χ0n) is 8.01. The average molecular weight is 255 g/mol. The fraction of sp³-hybridized carbons (Fsp3) is 0.400. The van der Waals surface area contributed by atoms with Gasteiger partial charge in [0.1, 0.15) is 0 Å². The first kappa shape index (κ1) is 12.7. The number of thioether (sulfide) groups is 1. The maximum Gasteiger partial charge on any atom is 0.416 e. The largest absolute Gasteiger partial charge is 0.416 e. The van der Waals surface area contributed by atoms with Gasteiger partial charge in [0.2, 0.25) is 0 Å². The minimum Gasteiger partial charge on any atom is -0.166 e. The number of benzene rings is 1. The van der Waals surface area contributed by atoms with E-state index >= 15 is 0 Å². The molecule has 0 aliphatic rings.